The van der Waals surface area contributed by atoms with Crippen molar-refractivity contribution in [2.24, 2.45) is 0 Å². The summed E-state index contributed by atoms with van der Waals surface area (Å²) in [6.07, 6.45) is 0.778. The second kappa shape index (κ2) is 9.05. The van der Waals surface area contributed by atoms with Gasteiger partial charge in [-0.3, -0.25) is 9.52 Å². The molecule has 3 aromatic carbocycles. The molecule has 166 valence electrons. The van der Waals surface area contributed by atoms with E-state index in [1.165, 1.54) is 24.3 Å². The van der Waals surface area contributed by atoms with Gasteiger partial charge in [0.2, 0.25) is 0 Å². The van der Waals surface area contributed by atoms with Crippen molar-refractivity contribution >= 4 is 38.9 Å². The molecular weight excluding hydrogens is 459 g/mol. The molecule has 0 atom stereocenters. The predicted octanol–water partition coefficient (Wildman–Crippen LogP) is 4.69. The standard InChI is InChI=1S/C22H18ClFN2O5S/c23-18-13-17(7-8-19(18)24)32(28,29)26-15-4-2-14(3-5-15)22(27)25-16-6-9-20-21(12-16)31-11-1-10-30-20/h2-9,12-13,26H,1,10-11H2,(H,25,27). The summed E-state index contributed by atoms with van der Waals surface area (Å²) < 4.78 is 51.8. The zero-order chi connectivity index (χ0) is 22.7. The Hall–Kier alpha value is -3.30. The number of anilines is 2. The van der Waals surface area contributed by atoms with E-state index < -0.39 is 15.8 Å². The Morgan fingerprint density at radius 1 is 0.906 bits per heavy atom. The van der Waals surface area contributed by atoms with Crippen LogP contribution in [0.15, 0.2) is 65.6 Å². The van der Waals surface area contributed by atoms with E-state index in [-0.39, 0.29) is 21.5 Å². The average Bonchev–Trinajstić information content (AvgIpc) is 3.01. The molecule has 0 radical (unpaired) electrons. The van der Waals surface area contributed by atoms with Gasteiger partial charge in [-0.25, -0.2) is 12.8 Å². The summed E-state index contributed by atoms with van der Waals surface area (Å²) >= 11 is 5.67. The minimum absolute atomic E-state index is 0.180. The summed E-state index contributed by atoms with van der Waals surface area (Å²) in [7, 11) is -3.97. The van der Waals surface area contributed by atoms with Crippen molar-refractivity contribution in [3.05, 3.63) is 77.1 Å². The van der Waals surface area contributed by atoms with Gasteiger partial charge in [0.15, 0.2) is 11.5 Å². The highest BCUT2D eigenvalue weighted by Crippen LogP contribution is 2.32. The van der Waals surface area contributed by atoms with Crippen LogP contribution in [0.25, 0.3) is 0 Å². The summed E-state index contributed by atoms with van der Waals surface area (Å²) in [5, 5.41) is 2.47. The molecule has 32 heavy (non-hydrogen) atoms. The minimum Gasteiger partial charge on any atom is -0.490 e. The third kappa shape index (κ3) is 4.95. The van der Waals surface area contributed by atoms with E-state index >= 15 is 0 Å². The zero-order valence-electron chi connectivity index (χ0n) is 16.6. The van der Waals surface area contributed by atoms with Crippen LogP contribution in [0.5, 0.6) is 11.5 Å². The fraction of sp³-hybridized carbons (Fsp3) is 0.136. The molecule has 0 saturated heterocycles. The molecule has 0 saturated carbocycles. The summed E-state index contributed by atoms with van der Waals surface area (Å²) in [6.45, 7) is 1.11. The Morgan fingerprint density at radius 2 is 1.59 bits per heavy atom. The monoisotopic (exact) mass is 476 g/mol. The van der Waals surface area contributed by atoms with E-state index in [0.29, 0.717) is 36.0 Å². The van der Waals surface area contributed by atoms with E-state index in [1.807, 2.05) is 0 Å². The third-order valence-electron chi connectivity index (χ3n) is 4.61. The molecule has 0 aromatic heterocycles. The van der Waals surface area contributed by atoms with Crippen molar-refractivity contribution in [1.29, 1.82) is 0 Å². The van der Waals surface area contributed by atoms with Crippen LogP contribution in [0.1, 0.15) is 16.8 Å². The van der Waals surface area contributed by atoms with Crippen LogP contribution in [0.2, 0.25) is 5.02 Å². The number of carbonyl (C=O) groups excluding carboxylic acids is 1. The van der Waals surface area contributed by atoms with Crippen molar-refractivity contribution in [2.75, 3.05) is 23.3 Å². The molecule has 1 aliphatic heterocycles. The first-order valence-electron chi connectivity index (χ1n) is 9.61. The number of amides is 1. The van der Waals surface area contributed by atoms with E-state index in [1.54, 1.807) is 18.2 Å². The van der Waals surface area contributed by atoms with Crippen LogP contribution >= 0.6 is 11.6 Å². The molecule has 0 bridgehead atoms. The van der Waals surface area contributed by atoms with Crippen molar-refractivity contribution in [2.45, 2.75) is 11.3 Å². The van der Waals surface area contributed by atoms with Crippen molar-refractivity contribution < 1.29 is 27.1 Å². The van der Waals surface area contributed by atoms with Gasteiger partial charge in [-0.1, -0.05) is 11.6 Å². The van der Waals surface area contributed by atoms with Crippen molar-refractivity contribution in [3.63, 3.8) is 0 Å². The maximum atomic E-state index is 13.3. The lowest BCUT2D eigenvalue weighted by atomic mass is 10.2. The minimum atomic E-state index is -3.97. The van der Waals surface area contributed by atoms with Crippen LogP contribution in [0, 0.1) is 5.82 Å². The first-order chi connectivity index (χ1) is 15.3. The highest BCUT2D eigenvalue weighted by molar-refractivity contribution is 7.92. The molecule has 3 aromatic rings. The Balaban J connectivity index is 1.44. The number of halogens is 2. The number of fused-ring (bicyclic) bond motifs is 1. The van der Waals surface area contributed by atoms with E-state index in [2.05, 4.69) is 10.0 Å². The normalized spacial score (nSPS) is 13.2. The number of hydrogen-bond donors (Lipinski definition) is 2. The Kier molecular flexibility index (Phi) is 6.20. The first-order valence-corrected chi connectivity index (χ1v) is 11.5. The Morgan fingerprint density at radius 3 is 2.31 bits per heavy atom. The molecule has 10 heteroatoms. The largest absolute Gasteiger partial charge is 0.490 e. The van der Waals surface area contributed by atoms with Crippen LogP contribution in [0.3, 0.4) is 0 Å². The number of nitrogens with one attached hydrogen (secondary N) is 2. The summed E-state index contributed by atoms with van der Waals surface area (Å²) in [5.74, 6) is 0.0966. The maximum Gasteiger partial charge on any atom is 0.261 e. The van der Waals surface area contributed by atoms with Gasteiger partial charge >= 0.3 is 0 Å². The van der Waals surface area contributed by atoms with E-state index in [9.17, 15) is 17.6 Å². The molecule has 1 heterocycles. The van der Waals surface area contributed by atoms with Gasteiger partial charge < -0.3 is 14.8 Å². The molecule has 4 rings (SSSR count). The third-order valence-corrected chi connectivity index (χ3v) is 6.27. The Bertz CT molecular complexity index is 1270. The second-order valence-corrected chi connectivity index (χ2v) is 9.01. The lowest BCUT2D eigenvalue weighted by Gasteiger charge is -2.11. The molecule has 0 spiro atoms. The van der Waals surface area contributed by atoms with Gasteiger partial charge in [0.1, 0.15) is 5.82 Å². The van der Waals surface area contributed by atoms with Gasteiger partial charge in [-0.05, 0) is 54.6 Å². The summed E-state index contributed by atoms with van der Waals surface area (Å²) in [5.41, 5.74) is 1.10. The first kappa shape index (κ1) is 21.9. The van der Waals surface area contributed by atoms with E-state index in [0.717, 1.165) is 24.6 Å². The lowest BCUT2D eigenvalue weighted by Crippen LogP contribution is -2.14. The van der Waals surface area contributed by atoms with Gasteiger partial charge in [-0.15, -0.1) is 0 Å². The molecule has 0 unspecified atom stereocenters. The maximum absolute atomic E-state index is 13.3. The molecule has 2 N–H and O–H groups in total. The topological polar surface area (TPSA) is 93.7 Å². The van der Waals surface area contributed by atoms with Crippen LogP contribution in [0.4, 0.5) is 15.8 Å². The highest BCUT2D eigenvalue weighted by Gasteiger charge is 2.17. The zero-order valence-corrected chi connectivity index (χ0v) is 18.2. The van der Waals surface area contributed by atoms with Gasteiger partial charge in [-0.2, -0.15) is 0 Å². The molecule has 7 nitrogen and oxygen atoms in total. The predicted molar refractivity (Wildman–Crippen MR) is 119 cm³/mol. The molecule has 0 fully saturated rings. The lowest BCUT2D eigenvalue weighted by molar-refractivity contribution is 0.102. The quantitative estimate of drug-likeness (QED) is 0.557. The fourth-order valence-electron chi connectivity index (χ4n) is 2.99. The fourth-order valence-corrected chi connectivity index (χ4v) is 4.32. The molecule has 1 aliphatic rings. The SMILES string of the molecule is O=C(Nc1ccc2c(c1)OCCCO2)c1ccc(NS(=O)(=O)c2ccc(F)c(Cl)c2)cc1. The molecular formula is C22H18ClFN2O5S. The summed E-state index contributed by atoms with van der Waals surface area (Å²) in [6, 6.07) is 14.1. The number of hydrogen-bond acceptors (Lipinski definition) is 5. The molecule has 1 amide bonds. The van der Waals surface area contributed by atoms with Crippen molar-refractivity contribution in [1.82, 2.24) is 0 Å². The molecule has 0 aliphatic carbocycles. The number of rotatable bonds is 5. The number of benzene rings is 3. The number of carbonyl (C=O) groups is 1. The van der Waals surface area contributed by atoms with E-state index in [4.69, 9.17) is 21.1 Å². The van der Waals surface area contributed by atoms with Gasteiger partial charge in [0.25, 0.3) is 15.9 Å². The number of ether oxygens (including phenoxy) is 2. The van der Waals surface area contributed by atoms with Gasteiger partial charge in [0, 0.05) is 29.4 Å². The Labute approximate surface area is 189 Å². The van der Waals surface area contributed by atoms with Crippen molar-refractivity contribution in [3.8, 4) is 11.5 Å². The smallest absolute Gasteiger partial charge is 0.261 e. The van der Waals surface area contributed by atoms with Crippen LogP contribution in [-0.2, 0) is 10.0 Å². The van der Waals surface area contributed by atoms with Crippen LogP contribution < -0.4 is 19.5 Å². The average molecular weight is 477 g/mol. The van der Waals surface area contributed by atoms with Crippen LogP contribution in [-0.4, -0.2) is 27.5 Å². The second-order valence-electron chi connectivity index (χ2n) is 6.92. The van der Waals surface area contributed by atoms with Gasteiger partial charge in [0.05, 0.1) is 23.1 Å². The summed E-state index contributed by atoms with van der Waals surface area (Å²) in [4.78, 5) is 12.4. The number of sulfonamides is 1. The highest BCUT2D eigenvalue weighted by atomic mass is 35.5.